The molecule has 0 aliphatic rings. The monoisotopic (exact) mass is 379 g/mol. The van der Waals surface area contributed by atoms with Gasteiger partial charge >= 0.3 is 5.56 Å². The number of nitrogens with zero attached hydrogens (tertiary/aromatic N) is 3. The summed E-state index contributed by atoms with van der Waals surface area (Å²) >= 11 is 6.20. The standard InChI is InChI=1S/C20H18ClN5O/c1-12-9-16(13(2)8-15(12)21)24-20-25-19(27)17-18(23-11-22-17)26(20)10-14-6-4-3-5-7-14/h3-9,11H,10H2,1-2H3,(H,22,23)(H,24,25,27). The molecule has 0 aliphatic heterocycles. The van der Waals surface area contributed by atoms with Crippen molar-refractivity contribution in [3.63, 3.8) is 0 Å². The van der Waals surface area contributed by atoms with Crippen molar-refractivity contribution in [2.45, 2.75) is 20.4 Å². The molecule has 136 valence electrons. The van der Waals surface area contributed by atoms with Crippen LogP contribution >= 0.6 is 11.6 Å². The minimum Gasteiger partial charge on any atom is -0.339 e. The van der Waals surface area contributed by atoms with Crippen molar-refractivity contribution < 1.29 is 0 Å². The molecule has 6 nitrogen and oxygen atoms in total. The van der Waals surface area contributed by atoms with Crippen LogP contribution in [0.4, 0.5) is 11.6 Å². The molecular formula is C20H18ClN5O. The molecule has 0 saturated heterocycles. The zero-order valence-electron chi connectivity index (χ0n) is 15.0. The van der Waals surface area contributed by atoms with Crippen molar-refractivity contribution in [1.82, 2.24) is 19.5 Å². The van der Waals surface area contributed by atoms with Gasteiger partial charge in [-0.25, -0.2) is 4.98 Å². The van der Waals surface area contributed by atoms with Crippen molar-refractivity contribution in [1.29, 1.82) is 0 Å². The van der Waals surface area contributed by atoms with Crippen LogP contribution in [0.2, 0.25) is 5.02 Å². The number of halogens is 1. The van der Waals surface area contributed by atoms with Crippen LogP contribution in [0.15, 0.2) is 53.6 Å². The summed E-state index contributed by atoms with van der Waals surface area (Å²) in [6.07, 6.45) is 1.51. The second-order valence-corrected chi connectivity index (χ2v) is 6.86. The predicted molar refractivity (Wildman–Crippen MR) is 108 cm³/mol. The number of rotatable bonds is 4. The number of fused-ring (bicyclic) bond motifs is 1. The average molecular weight is 380 g/mol. The van der Waals surface area contributed by atoms with Crippen LogP contribution in [0.3, 0.4) is 0 Å². The van der Waals surface area contributed by atoms with Gasteiger partial charge in [-0.3, -0.25) is 9.36 Å². The SMILES string of the molecule is Cc1cc(Nc2nc(=O)c3[nH]cnc3n2Cc2ccccc2)c(C)cc1Cl. The van der Waals surface area contributed by atoms with Gasteiger partial charge in [0.25, 0.3) is 0 Å². The van der Waals surface area contributed by atoms with Crippen LogP contribution < -0.4 is 10.9 Å². The van der Waals surface area contributed by atoms with E-state index in [1.165, 1.54) is 6.33 Å². The smallest absolute Gasteiger partial charge is 0.300 e. The number of aromatic nitrogens is 4. The summed E-state index contributed by atoms with van der Waals surface area (Å²) in [5.74, 6) is 0.438. The zero-order valence-corrected chi connectivity index (χ0v) is 15.7. The normalized spacial score (nSPS) is 11.1. The van der Waals surface area contributed by atoms with Crippen LogP contribution in [-0.4, -0.2) is 19.5 Å². The topological polar surface area (TPSA) is 75.6 Å². The summed E-state index contributed by atoms with van der Waals surface area (Å²) in [5.41, 5.74) is 4.44. The molecule has 0 fully saturated rings. The van der Waals surface area contributed by atoms with Crippen molar-refractivity contribution in [2.75, 3.05) is 5.32 Å². The van der Waals surface area contributed by atoms with Gasteiger partial charge in [-0.05, 0) is 42.7 Å². The molecule has 4 aromatic rings. The summed E-state index contributed by atoms with van der Waals surface area (Å²) in [6.45, 7) is 4.43. The van der Waals surface area contributed by atoms with E-state index in [2.05, 4.69) is 20.3 Å². The molecule has 0 saturated carbocycles. The van der Waals surface area contributed by atoms with E-state index in [1.807, 2.05) is 60.9 Å². The highest BCUT2D eigenvalue weighted by Crippen LogP contribution is 2.27. The fourth-order valence-corrected chi connectivity index (χ4v) is 3.23. The van der Waals surface area contributed by atoms with Gasteiger partial charge in [0.05, 0.1) is 12.9 Å². The highest BCUT2D eigenvalue weighted by molar-refractivity contribution is 6.31. The lowest BCUT2D eigenvalue weighted by atomic mass is 10.1. The van der Waals surface area contributed by atoms with Crippen LogP contribution in [0.25, 0.3) is 11.2 Å². The van der Waals surface area contributed by atoms with E-state index in [0.29, 0.717) is 28.7 Å². The van der Waals surface area contributed by atoms with E-state index in [1.54, 1.807) is 0 Å². The van der Waals surface area contributed by atoms with Crippen molar-refractivity contribution >= 4 is 34.4 Å². The minimum atomic E-state index is -0.349. The predicted octanol–water partition coefficient (Wildman–Crippen LogP) is 4.18. The molecule has 0 unspecified atom stereocenters. The number of anilines is 2. The van der Waals surface area contributed by atoms with E-state index in [0.717, 1.165) is 22.4 Å². The Bertz CT molecular complexity index is 1180. The van der Waals surface area contributed by atoms with Crippen LogP contribution in [0.5, 0.6) is 0 Å². The molecule has 27 heavy (non-hydrogen) atoms. The maximum Gasteiger partial charge on any atom is 0.300 e. The van der Waals surface area contributed by atoms with E-state index >= 15 is 0 Å². The Morgan fingerprint density at radius 3 is 2.70 bits per heavy atom. The first-order chi connectivity index (χ1) is 13.0. The van der Waals surface area contributed by atoms with E-state index in [9.17, 15) is 4.79 Å². The van der Waals surface area contributed by atoms with Crippen LogP contribution in [0, 0.1) is 13.8 Å². The number of H-pyrrole nitrogens is 1. The minimum absolute atomic E-state index is 0.349. The third-order valence-electron chi connectivity index (χ3n) is 4.49. The third-order valence-corrected chi connectivity index (χ3v) is 4.89. The summed E-state index contributed by atoms with van der Waals surface area (Å²) < 4.78 is 1.89. The number of aromatic amines is 1. The summed E-state index contributed by atoms with van der Waals surface area (Å²) in [7, 11) is 0. The number of hydrogen-bond donors (Lipinski definition) is 2. The zero-order chi connectivity index (χ0) is 19.0. The van der Waals surface area contributed by atoms with Gasteiger partial charge in [0.2, 0.25) is 5.95 Å². The van der Waals surface area contributed by atoms with Gasteiger partial charge < -0.3 is 10.3 Å². The molecule has 0 aliphatic carbocycles. The largest absolute Gasteiger partial charge is 0.339 e. The first-order valence-corrected chi connectivity index (χ1v) is 8.92. The van der Waals surface area contributed by atoms with Gasteiger partial charge in [-0.1, -0.05) is 41.9 Å². The number of hydrogen-bond acceptors (Lipinski definition) is 4. The van der Waals surface area contributed by atoms with E-state index in [-0.39, 0.29) is 5.56 Å². The van der Waals surface area contributed by atoms with E-state index in [4.69, 9.17) is 11.6 Å². The van der Waals surface area contributed by atoms with Gasteiger partial charge in [0.1, 0.15) is 0 Å². The molecule has 0 spiro atoms. The number of nitrogens with one attached hydrogen (secondary N) is 2. The van der Waals surface area contributed by atoms with Crippen molar-refractivity contribution in [2.24, 2.45) is 0 Å². The molecule has 7 heteroatoms. The molecule has 2 aromatic heterocycles. The van der Waals surface area contributed by atoms with Crippen LogP contribution in [0.1, 0.15) is 16.7 Å². The second-order valence-electron chi connectivity index (χ2n) is 6.45. The molecule has 2 heterocycles. The molecule has 0 amide bonds. The summed E-state index contributed by atoms with van der Waals surface area (Å²) in [6, 6.07) is 13.8. The Labute approximate surface area is 160 Å². The van der Waals surface area contributed by atoms with Gasteiger partial charge in [0, 0.05) is 10.7 Å². The van der Waals surface area contributed by atoms with Gasteiger partial charge in [-0.2, -0.15) is 4.98 Å². The number of benzene rings is 2. The second kappa shape index (κ2) is 6.89. The average Bonchev–Trinajstić information content (AvgIpc) is 3.14. The summed E-state index contributed by atoms with van der Waals surface area (Å²) in [5, 5.41) is 4.00. The van der Waals surface area contributed by atoms with E-state index < -0.39 is 0 Å². The number of imidazole rings is 1. The Morgan fingerprint density at radius 2 is 1.93 bits per heavy atom. The molecular weight excluding hydrogens is 362 g/mol. The maximum absolute atomic E-state index is 12.4. The molecule has 2 aromatic carbocycles. The lowest BCUT2D eigenvalue weighted by Gasteiger charge is -2.16. The quantitative estimate of drug-likeness (QED) is 0.557. The Kier molecular flexibility index (Phi) is 4.41. The third kappa shape index (κ3) is 3.31. The van der Waals surface area contributed by atoms with Gasteiger partial charge in [-0.15, -0.1) is 0 Å². The Morgan fingerprint density at radius 1 is 1.15 bits per heavy atom. The van der Waals surface area contributed by atoms with Gasteiger partial charge in [0.15, 0.2) is 11.2 Å². The van der Waals surface area contributed by atoms with Crippen molar-refractivity contribution in [3.05, 3.63) is 80.9 Å². The highest BCUT2D eigenvalue weighted by Gasteiger charge is 2.15. The molecule has 0 radical (unpaired) electrons. The lowest BCUT2D eigenvalue weighted by molar-refractivity contribution is 0.801. The molecule has 0 atom stereocenters. The van der Waals surface area contributed by atoms with Crippen molar-refractivity contribution in [3.8, 4) is 0 Å². The first kappa shape index (κ1) is 17.3. The molecule has 0 bridgehead atoms. The summed E-state index contributed by atoms with van der Waals surface area (Å²) in [4.78, 5) is 23.9. The first-order valence-electron chi connectivity index (χ1n) is 8.54. The fraction of sp³-hybridized carbons (Fsp3) is 0.150. The van der Waals surface area contributed by atoms with Crippen LogP contribution in [-0.2, 0) is 6.54 Å². The Hall–Kier alpha value is -3.12. The molecule has 2 N–H and O–H groups in total. The molecule has 4 rings (SSSR count). The fourth-order valence-electron chi connectivity index (χ4n) is 3.01. The maximum atomic E-state index is 12.4. The highest BCUT2D eigenvalue weighted by atomic mass is 35.5. The lowest BCUT2D eigenvalue weighted by Crippen LogP contribution is -2.19. The number of aryl methyl sites for hydroxylation is 2. The Balaban J connectivity index is 1.86.